The van der Waals surface area contributed by atoms with E-state index in [1.165, 1.54) is 5.69 Å². The molecule has 100 valence electrons. The second-order valence-corrected chi connectivity index (χ2v) is 4.89. The number of aryl methyl sites for hydroxylation is 1. The van der Waals surface area contributed by atoms with Crippen LogP contribution in [-0.4, -0.2) is 10.5 Å². The molecular weight excluding hydrogens is 236 g/mol. The lowest BCUT2D eigenvalue weighted by Crippen LogP contribution is -2.24. The lowest BCUT2D eigenvalue weighted by atomic mass is 10.1. The summed E-state index contributed by atoms with van der Waals surface area (Å²) in [5, 5.41) is 2.96. The summed E-state index contributed by atoms with van der Waals surface area (Å²) >= 11 is 0. The lowest BCUT2D eigenvalue weighted by Gasteiger charge is -2.06. The Kier molecular flexibility index (Phi) is 4.05. The number of hydrogen-bond donors (Lipinski definition) is 1. The Balaban J connectivity index is 1.93. The van der Waals surface area contributed by atoms with Crippen LogP contribution in [0.1, 0.15) is 22.5 Å². The van der Waals surface area contributed by atoms with Crippen molar-refractivity contribution in [2.45, 2.75) is 26.8 Å². The van der Waals surface area contributed by atoms with Gasteiger partial charge in [-0.3, -0.25) is 4.79 Å². The molecule has 1 amide bonds. The van der Waals surface area contributed by atoms with Crippen molar-refractivity contribution in [3.05, 3.63) is 58.9 Å². The number of nitrogens with zero attached hydrogens (tertiary/aromatic N) is 1. The Morgan fingerprint density at radius 1 is 1.21 bits per heavy atom. The largest absolute Gasteiger partial charge is 0.352 e. The topological polar surface area (TPSA) is 34.0 Å². The summed E-state index contributed by atoms with van der Waals surface area (Å²) in [6, 6.07) is 12.0. The second kappa shape index (κ2) is 5.74. The Labute approximate surface area is 114 Å². The quantitative estimate of drug-likeness (QED) is 0.896. The van der Waals surface area contributed by atoms with E-state index in [1.807, 2.05) is 44.3 Å². The molecule has 0 aliphatic rings. The molecule has 3 nitrogen and oxygen atoms in total. The summed E-state index contributed by atoms with van der Waals surface area (Å²) in [7, 11) is 2.02. The van der Waals surface area contributed by atoms with Gasteiger partial charge < -0.3 is 9.88 Å². The van der Waals surface area contributed by atoms with Gasteiger partial charge in [-0.25, -0.2) is 0 Å². The van der Waals surface area contributed by atoms with Crippen LogP contribution in [0.5, 0.6) is 0 Å². The summed E-state index contributed by atoms with van der Waals surface area (Å²) in [6.45, 7) is 4.69. The first kappa shape index (κ1) is 13.4. The molecule has 0 bridgehead atoms. The summed E-state index contributed by atoms with van der Waals surface area (Å²) in [5.74, 6) is 0.0672. The first-order valence-corrected chi connectivity index (χ1v) is 6.50. The van der Waals surface area contributed by atoms with E-state index in [0.717, 1.165) is 16.8 Å². The third kappa shape index (κ3) is 3.25. The van der Waals surface area contributed by atoms with Crippen molar-refractivity contribution in [1.29, 1.82) is 0 Å². The molecule has 1 heterocycles. The number of aromatic nitrogens is 1. The highest BCUT2D eigenvalue weighted by molar-refractivity contribution is 5.78. The van der Waals surface area contributed by atoms with Crippen LogP contribution in [0.2, 0.25) is 0 Å². The van der Waals surface area contributed by atoms with Crippen molar-refractivity contribution in [1.82, 2.24) is 9.88 Å². The van der Waals surface area contributed by atoms with Crippen LogP contribution in [0.15, 0.2) is 36.4 Å². The lowest BCUT2D eigenvalue weighted by molar-refractivity contribution is -0.120. The fourth-order valence-corrected chi connectivity index (χ4v) is 2.14. The van der Waals surface area contributed by atoms with E-state index < -0.39 is 0 Å². The molecule has 19 heavy (non-hydrogen) atoms. The van der Waals surface area contributed by atoms with E-state index in [-0.39, 0.29) is 5.91 Å². The van der Waals surface area contributed by atoms with Crippen LogP contribution >= 0.6 is 0 Å². The molecule has 2 aromatic rings. The Hall–Kier alpha value is -2.03. The first-order chi connectivity index (χ1) is 9.08. The van der Waals surface area contributed by atoms with E-state index in [9.17, 15) is 4.79 Å². The maximum Gasteiger partial charge on any atom is 0.224 e. The van der Waals surface area contributed by atoms with Gasteiger partial charge in [-0.15, -0.1) is 0 Å². The third-order valence-corrected chi connectivity index (χ3v) is 3.56. The van der Waals surface area contributed by atoms with Gasteiger partial charge in [0.05, 0.1) is 6.42 Å². The summed E-state index contributed by atoms with van der Waals surface area (Å²) in [4.78, 5) is 11.9. The van der Waals surface area contributed by atoms with Gasteiger partial charge in [0, 0.05) is 25.0 Å². The third-order valence-electron chi connectivity index (χ3n) is 3.56. The van der Waals surface area contributed by atoms with Gasteiger partial charge >= 0.3 is 0 Å². The smallest absolute Gasteiger partial charge is 0.224 e. The molecule has 0 aliphatic carbocycles. The molecule has 1 aromatic heterocycles. The maximum absolute atomic E-state index is 11.9. The van der Waals surface area contributed by atoms with Crippen LogP contribution in [0.25, 0.3) is 0 Å². The standard InChI is InChI=1S/C16H20N2O/c1-12-9-15(13(2)18(12)3)10-16(19)17-11-14-7-5-4-6-8-14/h4-9H,10-11H2,1-3H3,(H,17,19). The zero-order valence-electron chi connectivity index (χ0n) is 11.7. The van der Waals surface area contributed by atoms with Crippen LogP contribution < -0.4 is 5.32 Å². The molecule has 0 spiro atoms. The van der Waals surface area contributed by atoms with Crippen molar-refractivity contribution >= 4 is 5.91 Å². The number of amides is 1. The Morgan fingerprint density at radius 3 is 2.47 bits per heavy atom. The van der Waals surface area contributed by atoms with Crippen molar-refractivity contribution in [3.63, 3.8) is 0 Å². The summed E-state index contributed by atoms with van der Waals surface area (Å²) in [6.07, 6.45) is 0.445. The van der Waals surface area contributed by atoms with Crippen LogP contribution in [-0.2, 0) is 24.8 Å². The molecule has 0 saturated heterocycles. The molecular formula is C16H20N2O. The molecule has 0 saturated carbocycles. The minimum Gasteiger partial charge on any atom is -0.352 e. The van der Waals surface area contributed by atoms with E-state index in [1.54, 1.807) is 0 Å². The molecule has 0 radical (unpaired) electrons. The van der Waals surface area contributed by atoms with Gasteiger partial charge in [-0.1, -0.05) is 30.3 Å². The predicted molar refractivity (Wildman–Crippen MR) is 76.9 cm³/mol. The molecule has 1 N–H and O–H groups in total. The fraction of sp³-hybridized carbons (Fsp3) is 0.312. The van der Waals surface area contributed by atoms with Gasteiger partial charge in [-0.2, -0.15) is 0 Å². The minimum atomic E-state index is 0.0672. The SMILES string of the molecule is Cc1cc(CC(=O)NCc2ccccc2)c(C)n1C. The normalized spacial score (nSPS) is 10.5. The molecule has 3 heteroatoms. The number of nitrogens with one attached hydrogen (secondary N) is 1. The number of hydrogen-bond acceptors (Lipinski definition) is 1. The van der Waals surface area contributed by atoms with E-state index >= 15 is 0 Å². The molecule has 0 atom stereocenters. The molecule has 0 aliphatic heterocycles. The summed E-state index contributed by atoms with van der Waals surface area (Å²) in [5.41, 5.74) is 4.57. The zero-order chi connectivity index (χ0) is 13.8. The Morgan fingerprint density at radius 2 is 1.89 bits per heavy atom. The van der Waals surface area contributed by atoms with Gasteiger partial charge in [0.15, 0.2) is 0 Å². The molecule has 1 aromatic carbocycles. The molecule has 0 fully saturated rings. The van der Waals surface area contributed by atoms with E-state index in [2.05, 4.69) is 22.9 Å². The van der Waals surface area contributed by atoms with E-state index in [0.29, 0.717) is 13.0 Å². The van der Waals surface area contributed by atoms with Gasteiger partial charge in [0.2, 0.25) is 5.91 Å². The van der Waals surface area contributed by atoms with Gasteiger partial charge in [0.1, 0.15) is 0 Å². The summed E-state index contributed by atoms with van der Waals surface area (Å²) < 4.78 is 2.11. The van der Waals surface area contributed by atoms with Gasteiger partial charge in [-0.05, 0) is 31.0 Å². The predicted octanol–water partition coefficient (Wildman–Crippen LogP) is 2.50. The highest BCUT2D eigenvalue weighted by Gasteiger charge is 2.10. The highest BCUT2D eigenvalue weighted by Crippen LogP contribution is 2.13. The fourth-order valence-electron chi connectivity index (χ4n) is 2.14. The van der Waals surface area contributed by atoms with Gasteiger partial charge in [0.25, 0.3) is 0 Å². The second-order valence-electron chi connectivity index (χ2n) is 4.89. The molecule has 0 unspecified atom stereocenters. The van der Waals surface area contributed by atoms with Crippen LogP contribution in [0.3, 0.4) is 0 Å². The van der Waals surface area contributed by atoms with Crippen molar-refractivity contribution in [3.8, 4) is 0 Å². The number of carbonyl (C=O) groups excluding carboxylic acids is 1. The van der Waals surface area contributed by atoms with Crippen molar-refractivity contribution in [2.75, 3.05) is 0 Å². The van der Waals surface area contributed by atoms with Crippen molar-refractivity contribution < 1.29 is 4.79 Å². The number of benzene rings is 1. The van der Waals surface area contributed by atoms with E-state index in [4.69, 9.17) is 0 Å². The maximum atomic E-state index is 11.9. The number of carbonyl (C=O) groups is 1. The van der Waals surface area contributed by atoms with Crippen molar-refractivity contribution in [2.24, 2.45) is 7.05 Å². The monoisotopic (exact) mass is 256 g/mol. The average Bonchev–Trinajstić information content (AvgIpc) is 2.65. The Bertz CT molecular complexity index is 570. The zero-order valence-corrected chi connectivity index (χ0v) is 11.7. The highest BCUT2D eigenvalue weighted by atomic mass is 16.1. The number of rotatable bonds is 4. The molecule has 2 rings (SSSR count). The first-order valence-electron chi connectivity index (χ1n) is 6.50. The van der Waals surface area contributed by atoms with Crippen LogP contribution in [0, 0.1) is 13.8 Å². The average molecular weight is 256 g/mol. The van der Waals surface area contributed by atoms with Crippen LogP contribution in [0.4, 0.5) is 0 Å². The minimum absolute atomic E-state index is 0.0672.